The number of esters is 2. The molecule has 1 aromatic heterocycles. The Kier molecular flexibility index (Phi) is 2.80. The van der Waals surface area contributed by atoms with Gasteiger partial charge in [0.2, 0.25) is 0 Å². The number of furan rings is 1. The van der Waals surface area contributed by atoms with E-state index >= 15 is 0 Å². The molecular formula is C20H20O8. The van der Waals surface area contributed by atoms with Gasteiger partial charge in [-0.05, 0) is 17.9 Å². The number of epoxide rings is 1. The number of hydrogen-bond donors (Lipinski definition) is 1. The lowest BCUT2D eigenvalue weighted by Gasteiger charge is -2.64. The van der Waals surface area contributed by atoms with E-state index in [9.17, 15) is 19.5 Å². The van der Waals surface area contributed by atoms with Crippen LogP contribution in [-0.4, -0.2) is 52.8 Å². The van der Waals surface area contributed by atoms with Crippen molar-refractivity contribution in [3.63, 3.8) is 0 Å². The molecule has 4 bridgehead atoms. The minimum absolute atomic E-state index is 0.0563. The van der Waals surface area contributed by atoms with Gasteiger partial charge in [-0.15, -0.1) is 0 Å². The summed E-state index contributed by atoms with van der Waals surface area (Å²) in [4.78, 5) is 38.4. The van der Waals surface area contributed by atoms with Crippen LogP contribution in [0.3, 0.4) is 0 Å². The van der Waals surface area contributed by atoms with Gasteiger partial charge in [-0.3, -0.25) is 9.59 Å². The molecule has 4 aliphatic heterocycles. The summed E-state index contributed by atoms with van der Waals surface area (Å²) in [6.45, 7) is 3.65. The van der Waals surface area contributed by atoms with E-state index in [1.54, 1.807) is 13.0 Å². The molecule has 6 fully saturated rings. The first-order chi connectivity index (χ1) is 13.2. The van der Waals surface area contributed by atoms with Crippen LogP contribution in [0.15, 0.2) is 23.0 Å². The Morgan fingerprint density at radius 1 is 1.25 bits per heavy atom. The van der Waals surface area contributed by atoms with Crippen LogP contribution in [0.2, 0.25) is 0 Å². The first-order valence-corrected chi connectivity index (χ1v) is 9.57. The van der Waals surface area contributed by atoms with Crippen LogP contribution < -0.4 is 0 Å². The zero-order chi connectivity index (χ0) is 19.6. The molecule has 9 atom stereocenters. The Bertz CT molecular complexity index is 923. The lowest BCUT2D eigenvalue weighted by molar-refractivity contribution is -0.283. The number of ether oxygens (including phenoxy) is 3. The molecule has 0 amide bonds. The summed E-state index contributed by atoms with van der Waals surface area (Å²) < 4.78 is 22.0. The van der Waals surface area contributed by atoms with Crippen LogP contribution >= 0.6 is 0 Å². The second-order valence-electron chi connectivity index (χ2n) is 9.25. The van der Waals surface area contributed by atoms with Crippen LogP contribution in [0.5, 0.6) is 0 Å². The van der Waals surface area contributed by atoms with E-state index < -0.39 is 58.7 Å². The lowest BCUT2D eigenvalue weighted by Crippen LogP contribution is -2.78. The monoisotopic (exact) mass is 388 g/mol. The van der Waals surface area contributed by atoms with Crippen molar-refractivity contribution in [1.82, 2.24) is 0 Å². The standard InChI is InChI=1S/C20H20O8/c1-18(6-10(21)8-3-4-25-7-8)9-5-11(26-16(9)22)19(2)14(18)12-13-15(27-13)20(19,24)17(23)28-12/h3-4,7,9,11-15,24H,5-6H2,1-2H3. The van der Waals surface area contributed by atoms with Gasteiger partial charge in [0.05, 0.1) is 23.2 Å². The summed E-state index contributed by atoms with van der Waals surface area (Å²) in [5.74, 6) is -2.22. The molecular weight excluding hydrogens is 368 g/mol. The zero-order valence-corrected chi connectivity index (χ0v) is 15.4. The van der Waals surface area contributed by atoms with Crippen molar-refractivity contribution >= 4 is 17.7 Å². The first kappa shape index (κ1) is 16.7. The van der Waals surface area contributed by atoms with Gasteiger partial charge < -0.3 is 23.7 Å². The van der Waals surface area contributed by atoms with Crippen LogP contribution in [0.1, 0.15) is 37.0 Å². The SMILES string of the molecule is CC1(CC(=O)c2ccoc2)C2CC(OC2=O)C2(C)C1C1OC(=O)C2(O)C2OC12. The normalized spacial score (nSPS) is 52.5. The highest BCUT2D eigenvalue weighted by atomic mass is 16.7. The molecule has 7 rings (SSSR count). The maximum absolute atomic E-state index is 13.0. The van der Waals surface area contributed by atoms with Gasteiger partial charge in [-0.2, -0.15) is 0 Å². The van der Waals surface area contributed by atoms with Gasteiger partial charge in [-0.25, -0.2) is 4.79 Å². The minimum Gasteiger partial charge on any atom is -0.472 e. The number of Topliss-reactive ketones (excluding diaryl/α,β-unsaturated/α-hetero) is 1. The Labute approximate surface area is 160 Å². The third-order valence-corrected chi connectivity index (χ3v) is 8.16. The molecule has 4 saturated heterocycles. The highest BCUT2D eigenvalue weighted by Gasteiger charge is 2.87. The highest BCUT2D eigenvalue weighted by molar-refractivity contribution is 5.97. The van der Waals surface area contributed by atoms with Gasteiger partial charge in [0, 0.05) is 12.3 Å². The third kappa shape index (κ3) is 1.57. The molecule has 2 aliphatic carbocycles. The fraction of sp³-hybridized carbons (Fsp3) is 0.650. The van der Waals surface area contributed by atoms with Gasteiger partial charge >= 0.3 is 11.9 Å². The maximum Gasteiger partial charge on any atom is 0.342 e. The Balaban J connectivity index is 1.51. The number of ketones is 1. The van der Waals surface area contributed by atoms with Crippen molar-refractivity contribution in [1.29, 1.82) is 0 Å². The van der Waals surface area contributed by atoms with E-state index in [0.717, 1.165) is 0 Å². The number of aliphatic hydroxyl groups is 1. The van der Waals surface area contributed by atoms with Crippen LogP contribution in [-0.2, 0) is 23.8 Å². The molecule has 0 aromatic carbocycles. The Morgan fingerprint density at radius 2 is 2.04 bits per heavy atom. The van der Waals surface area contributed by atoms with E-state index in [1.165, 1.54) is 12.5 Å². The third-order valence-electron chi connectivity index (χ3n) is 8.16. The smallest absolute Gasteiger partial charge is 0.342 e. The number of fused-ring (bicyclic) bond motifs is 3. The number of carbonyl (C=O) groups is 3. The van der Waals surface area contributed by atoms with Gasteiger partial charge in [0.25, 0.3) is 0 Å². The second kappa shape index (κ2) is 4.68. The fourth-order valence-electron chi connectivity index (χ4n) is 6.78. The number of hydrogen-bond acceptors (Lipinski definition) is 8. The molecule has 148 valence electrons. The van der Waals surface area contributed by atoms with E-state index in [4.69, 9.17) is 18.6 Å². The predicted molar refractivity (Wildman–Crippen MR) is 88.8 cm³/mol. The van der Waals surface area contributed by atoms with Crippen molar-refractivity contribution in [3.8, 4) is 0 Å². The van der Waals surface area contributed by atoms with Crippen LogP contribution in [0.4, 0.5) is 0 Å². The van der Waals surface area contributed by atoms with E-state index in [2.05, 4.69) is 0 Å². The highest BCUT2D eigenvalue weighted by Crippen LogP contribution is 2.72. The topological polar surface area (TPSA) is 116 Å². The summed E-state index contributed by atoms with van der Waals surface area (Å²) >= 11 is 0. The fourth-order valence-corrected chi connectivity index (χ4v) is 6.78. The molecule has 0 spiro atoms. The average molecular weight is 388 g/mol. The van der Waals surface area contributed by atoms with Crippen molar-refractivity contribution in [2.45, 2.75) is 56.7 Å². The van der Waals surface area contributed by atoms with Gasteiger partial charge in [-0.1, -0.05) is 13.8 Å². The van der Waals surface area contributed by atoms with Crippen molar-refractivity contribution in [2.24, 2.45) is 22.7 Å². The largest absolute Gasteiger partial charge is 0.472 e. The predicted octanol–water partition coefficient (Wildman–Crippen LogP) is 0.864. The van der Waals surface area contributed by atoms with Gasteiger partial charge in [0.15, 0.2) is 11.4 Å². The number of carbonyl (C=O) groups excluding carboxylic acids is 3. The summed E-state index contributed by atoms with van der Waals surface area (Å²) in [6, 6.07) is 1.59. The van der Waals surface area contributed by atoms with Crippen molar-refractivity contribution in [3.05, 3.63) is 24.2 Å². The quantitative estimate of drug-likeness (QED) is 0.461. The van der Waals surface area contributed by atoms with E-state index in [1.807, 2.05) is 6.92 Å². The minimum atomic E-state index is -1.89. The molecule has 1 N–H and O–H groups in total. The number of rotatable bonds is 3. The van der Waals surface area contributed by atoms with Crippen molar-refractivity contribution in [2.75, 3.05) is 0 Å². The summed E-state index contributed by atoms with van der Waals surface area (Å²) in [5, 5.41) is 11.5. The van der Waals surface area contributed by atoms with Gasteiger partial charge in [0.1, 0.15) is 30.7 Å². The zero-order valence-electron chi connectivity index (χ0n) is 15.4. The van der Waals surface area contributed by atoms with E-state index in [-0.39, 0.29) is 18.2 Å². The molecule has 2 saturated carbocycles. The Hall–Kier alpha value is -2.19. The average Bonchev–Trinajstić information content (AvgIpc) is 3.10. The van der Waals surface area contributed by atoms with Crippen LogP contribution in [0.25, 0.3) is 0 Å². The lowest BCUT2D eigenvalue weighted by atomic mass is 9.41. The van der Waals surface area contributed by atoms with Crippen molar-refractivity contribution < 1.29 is 38.1 Å². The molecule has 1 aromatic rings. The molecule has 6 aliphatic rings. The summed E-state index contributed by atoms with van der Waals surface area (Å²) in [6.07, 6.45) is 0.944. The molecule has 9 unspecified atom stereocenters. The molecule has 5 heterocycles. The molecule has 28 heavy (non-hydrogen) atoms. The first-order valence-electron chi connectivity index (χ1n) is 9.57. The van der Waals surface area contributed by atoms with Crippen LogP contribution in [0, 0.1) is 22.7 Å². The van der Waals surface area contributed by atoms with E-state index in [0.29, 0.717) is 12.0 Å². The molecule has 0 radical (unpaired) electrons. The molecule has 8 nitrogen and oxygen atoms in total. The summed E-state index contributed by atoms with van der Waals surface area (Å²) in [7, 11) is 0. The Morgan fingerprint density at radius 3 is 2.75 bits per heavy atom. The summed E-state index contributed by atoms with van der Waals surface area (Å²) in [5.41, 5.74) is -3.41. The molecule has 8 heteroatoms. The second-order valence-corrected chi connectivity index (χ2v) is 9.25. The maximum atomic E-state index is 13.0.